The van der Waals surface area contributed by atoms with Gasteiger partial charge in [-0.25, -0.2) is 0 Å². The van der Waals surface area contributed by atoms with Crippen molar-refractivity contribution >= 4 is 80.4 Å². The van der Waals surface area contributed by atoms with Crippen LogP contribution in [0.25, 0.3) is 0 Å². The molecule has 4 atom stereocenters. The molecule has 0 saturated carbocycles. The van der Waals surface area contributed by atoms with Crippen LogP contribution in [0, 0.1) is 0 Å². The monoisotopic (exact) mass is 957 g/mol. The molecule has 22 heteroatoms. The van der Waals surface area contributed by atoms with Gasteiger partial charge in [0, 0.05) is 30.0 Å². The van der Waals surface area contributed by atoms with Crippen molar-refractivity contribution in [2.75, 3.05) is 38.2 Å². The largest absolute Gasteiger partial charge is 0.508 e. The first kappa shape index (κ1) is 53.3. The Morgan fingerprint density at radius 2 is 1.08 bits per heavy atom. The predicted molar refractivity (Wildman–Crippen MR) is 248 cm³/mol. The Morgan fingerprint density at radius 1 is 0.585 bits per heavy atom. The summed E-state index contributed by atoms with van der Waals surface area (Å²) in [6.07, 6.45) is 3.36. The number of halogens is 1. The van der Waals surface area contributed by atoms with E-state index in [0.717, 1.165) is 5.56 Å². The van der Waals surface area contributed by atoms with Gasteiger partial charge in [-0.15, -0.1) is 0 Å². The van der Waals surface area contributed by atoms with Crippen LogP contribution in [0.15, 0.2) is 72.8 Å². The summed E-state index contributed by atoms with van der Waals surface area (Å²) in [7, 11) is 2.72. The molecule has 0 fully saturated rings. The number of phenols is 2. The minimum absolute atomic E-state index is 0.0157. The molecule has 13 N–H and O–H groups in total. The van der Waals surface area contributed by atoms with Gasteiger partial charge in [0.05, 0.1) is 19.6 Å². The second-order valence-electron chi connectivity index (χ2n) is 14.6. The quantitative estimate of drug-likeness (QED) is 0.0340. The van der Waals surface area contributed by atoms with E-state index in [-0.39, 0.29) is 48.8 Å². The number of carbonyl (C=O) groups is 8. The van der Waals surface area contributed by atoms with Crippen LogP contribution in [0.4, 0.5) is 0 Å². The standard InChI is InChI=1S/C43H56ClN9O10S2/c1-64-65-25-35(52-36(56)18-11-26-5-12-29(44)13-6-26)43(63)53-34(21-28-9-16-31(55)17-10-28)42(62)49-24-39(59)50-32(4-2-3-19-45)41(61)48-22-37(57)47-23-38(58)51-33(40(46)60)20-27-7-14-30(54)15-8-27/h5-10,12-17,32-35,54-55H,2-4,11,18-25,45H2,1H3,(H2,46,60)(H,47,57)(H,48,61)(H,49,62)(H,50,59)(H,51,58)(H,52,56)(H,53,63)/t32?,33?,34-,35?/m0/s1. The van der Waals surface area contributed by atoms with E-state index in [9.17, 15) is 48.6 Å². The van der Waals surface area contributed by atoms with Gasteiger partial charge in [-0.1, -0.05) is 69.6 Å². The van der Waals surface area contributed by atoms with Gasteiger partial charge < -0.3 is 58.9 Å². The number of amides is 8. The maximum Gasteiger partial charge on any atom is 0.244 e. The molecule has 3 aromatic rings. The van der Waals surface area contributed by atoms with Crippen LogP contribution in [0.3, 0.4) is 0 Å². The molecular formula is C43H56ClN9O10S2. The molecule has 3 unspecified atom stereocenters. The number of phenolic OH excluding ortho intramolecular Hbond substituents is 2. The fourth-order valence-electron chi connectivity index (χ4n) is 6.01. The van der Waals surface area contributed by atoms with Crippen molar-refractivity contribution in [3.63, 3.8) is 0 Å². The van der Waals surface area contributed by atoms with E-state index >= 15 is 0 Å². The van der Waals surface area contributed by atoms with Crippen molar-refractivity contribution < 1.29 is 48.6 Å². The topological polar surface area (TPSA) is 313 Å². The Kier molecular flexibility index (Phi) is 23.5. The molecule has 19 nitrogen and oxygen atoms in total. The summed E-state index contributed by atoms with van der Waals surface area (Å²) in [4.78, 5) is 104. The number of rotatable bonds is 28. The molecule has 8 amide bonds. The minimum Gasteiger partial charge on any atom is -0.508 e. The van der Waals surface area contributed by atoms with E-state index in [1.54, 1.807) is 48.5 Å². The third kappa shape index (κ3) is 21.0. The van der Waals surface area contributed by atoms with Crippen LogP contribution in [0.5, 0.6) is 11.5 Å². The van der Waals surface area contributed by atoms with Gasteiger partial charge in [0.2, 0.25) is 47.3 Å². The summed E-state index contributed by atoms with van der Waals surface area (Å²) >= 11 is 5.96. The Hall–Kier alpha value is -6.03. The molecule has 0 aliphatic carbocycles. The van der Waals surface area contributed by atoms with Crippen LogP contribution >= 0.6 is 33.2 Å². The Bertz CT molecular complexity index is 2070. The highest BCUT2D eigenvalue weighted by molar-refractivity contribution is 8.76. The molecule has 0 aliphatic rings. The number of primary amides is 1. The summed E-state index contributed by atoms with van der Waals surface area (Å²) in [5, 5.41) is 37.5. The molecule has 0 heterocycles. The molecule has 0 bridgehead atoms. The summed E-state index contributed by atoms with van der Waals surface area (Å²) in [6.45, 7) is -1.41. The molecular weight excluding hydrogens is 902 g/mol. The van der Waals surface area contributed by atoms with Crippen molar-refractivity contribution in [2.24, 2.45) is 11.5 Å². The molecule has 0 radical (unpaired) electrons. The zero-order valence-electron chi connectivity index (χ0n) is 35.7. The lowest BCUT2D eigenvalue weighted by atomic mass is 10.0. The predicted octanol–water partition coefficient (Wildman–Crippen LogP) is 0.0825. The number of benzene rings is 3. The van der Waals surface area contributed by atoms with Crippen molar-refractivity contribution in [3.8, 4) is 11.5 Å². The van der Waals surface area contributed by atoms with Gasteiger partial charge >= 0.3 is 0 Å². The molecule has 0 aliphatic heterocycles. The second kappa shape index (κ2) is 28.7. The SMILES string of the molecule is CSSCC(NC(=O)CCc1ccc(Cl)cc1)C(=O)N[C@@H](Cc1ccc(O)cc1)C(=O)NCC(=O)NC(CCCCN)C(=O)NCC(=O)NCC(=O)NC(Cc1ccc(O)cc1)C(N)=O. The fourth-order valence-corrected chi connectivity index (χ4v) is 7.46. The first-order valence-electron chi connectivity index (χ1n) is 20.5. The Labute approximate surface area is 389 Å². The van der Waals surface area contributed by atoms with Gasteiger partial charge in [0.25, 0.3) is 0 Å². The fraction of sp³-hybridized carbons (Fsp3) is 0.395. The van der Waals surface area contributed by atoms with Crippen molar-refractivity contribution in [1.29, 1.82) is 0 Å². The number of unbranched alkanes of at least 4 members (excludes halogenated alkanes) is 1. The zero-order valence-corrected chi connectivity index (χ0v) is 38.1. The molecule has 0 saturated heterocycles. The second-order valence-corrected chi connectivity index (χ2v) is 17.7. The van der Waals surface area contributed by atoms with Crippen molar-refractivity contribution in [1.82, 2.24) is 37.2 Å². The number of hydrogen-bond acceptors (Lipinski definition) is 13. The van der Waals surface area contributed by atoms with E-state index < -0.39 is 85.2 Å². The molecule has 65 heavy (non-hydrogen) atoms. The van der Waals surface area contributed by atoms with Crippen LogP contribution in [-0.4, -0.2) is 120 Å². The number of aromatic hydroxyl groups is 2. The third-order valence-electron chi connectivity index (χ3n) is 9.51. The number of nitrogens with one attached hydrogen (secondary N) is 7. The summed E-state index contributed by atoms with van der Waals surface area (Å²) in [6, 6.07) is 14.4. The minimum atomic E-state index is -1.24. The maximum atomic E-state index is 13.7. The summed E-state index contributed by atoms with van der Waals surface area (Å²) in [5.74, 6) is -5.39. The lowest BCUT2D eigenvalue weighted by molar-refractivity contribution is -0.133. The number of hydrogen-bond donors (Lipinski definition) is 11. The van der Waals surface area contributed by atoms with Gasteiger partial charge in [-0.2, -0.15) is 0 Å². The Morgan fingerprint density at radius 3 is 1.63 bits per heavy atom. The average molecular weight is 959 g/mol. The lowest BCUT2D eigenvalue weighted by Crippen LogP contribution is -2.56. The normalized spacial score (nSPS) is 12.6. The van der Waals surface area contributed by atoms with Crippen LogP contribution < -0.4 is 48.7 Å². The van der Waals surface area contributed by atoms with E-state index in [4.69, 9.17) is 23.1 Å². The van der Waals surface area contributed by atoms with Gasteiger partial charge in [-0.05, 0) is 91.6 Å². The van der Waals surface area contributed by atoms with Crippen LogP contribution in [0.1, 0.15) is 42.4 Å². The van der Waals surface area contributed by atoms with E-state index in [2.05, 4.69) is 37.2 Å². The Balaban J connectivity index is 1.59. The lowest BCUT2D eigenvalue weighted by Gasteiger charge is -2.23. The van der Waals surface area contributed by atoms with Crippen LogP contribution in [-0.2, 0) is 57.6 Å². The molecule has 3 rings (SSSR count). The van der Waals surface area contributed by atoms with E-state index in [1.807, 2.05) is 6.26 Å². The van der Waals surface area contributed by atoms with Crippen LogP contribution in [0.2, 0.25) is 5.02 Å². The molecule has 352 valence electrons. The molecule has 0 aromatic heterocycles. The van der Waals surface area contributed by atoms with Gasteiger partial charge in [-0.3, -0.25) is 38.4 Å². The highest BCUT2D eigenvalue weighted by Crippen LogP contribution is 2.19. The van der Waals surface area contributed by atoms with E-state index in [1.165, 1.54) is 45.9 Å². The highest BCUT2D eigenvalue weighted by Gasteiger charge is 2.29. The number of nitrogens with two attached hydrogens (primary N) is 2. The third-order valence-corrected chi connectivity index (χ3v) is 11.6. The number of aryl methyl sites for hydroxylation is 1. The van der Waals surface area contributed by atoms with Gasteiger partial charge in [0.1, 0.15) is 35.7 Å². The van der Waals surface area contributed by atoms with E-state index in [0.29, 0.717) is 42.0 Å². The van der Waals surface area contributed by atoms with Crippen molar-refractivity contribution in [2.45, 2.75) is 69.1 Å². The first-order valence-corrected chi connectivity index (χ1v) is 23.6. The average Bonchev–Trinajstić information content (AvgIpc) is 3.28. The first-order chi connectivity index (χ1) is 31.1. The summed E-state index contributed by atoms with van der Waals surface area (Å²) < 4.78 is 0. The van der Waals surface area contributed by atoms with Crippen molar-refractivity contribution in [3.05, 3.63) is 94.5 Å². The molecule has 0 spiro atoms. The highest BCUT2D eigenvalue weighted by atomic mass is 35.5. The number of carbonyl (C=O) groups excluding carboxylic acids is 8. The smallest absolute Gasteiger partial charge is 0.244 e. The summed E-state index contributed by atoms with van der Waals surface area (Å²) in [5.41, 5.74) is 13.1. The molecule has 3 aromatic carbocycles. The maximum absolute atomic E-state index is 13.7. The van der Waals surface area contributed by atoms with Gasteiger partial charge in [0.15, 0.2) is 0 Å². The zero-order chi connectivity index (χ0) is 47.7.